The maximum Gasteiger partial charge on any atom is 0.254 e. The first kappa shape index (κ1) is 17.5. The third-order valence-corrected chi connectivity index (χ3v) is 5.22. The number of ether oxygens (including phenoxy) is 2. The van der Waals surface area contributed by atoms with E-state index in [9.17, 15) is 4.79 Å². The van der Waals surface area contributed by atoms with E-state index in [1.54, 1.807) is 30.5 Å². The van der Waals surface area contributed by atoms with Gasteiger partial charge in [0, 0.05) is 23.4 Å². The topological polar surface area (TPSA) is 51.7 Å². The summed E-state index contributed by atoms with van der Waals surface area (Å²) >= 11 is 6.05. The number of hydrogen-bond acceptors (Lipinski definition) is 4. The number of aromatic nitrogens is 1. The second-order valence-corrected chi connectivity index (χ2v) is 7.12. The van der Waals surface area contributed by atoms with Crippen molar-refractivity contribution in [3.63, 3.8) is 0 Å². The molecule has 26 heavy (non-hydrogen) atoms. The number of pyridine rings is 1. The van der Waals surface area contributed by atoms with Crippen LogP contribution in [-0.4, -0.2) is 47.2 Å². The average molecular weight is 373 g/mol. The summed E-state index contributed by atoms with van der Waals surface area (Å²) in [6, 6.07) is 12.9. The number of likely N-dealkylation sites (tertiary alicyclic amines) is 1. The van der Waals surface area contributed by atoms with Crippen molar-refractivity contribution in [3.05, 3.63) is 64.9 Å². The van der Waals surface area contributed by atoms with Crippen molar-refractivity contribution in [1.82, 2.24) is 9.88 Å². The molecule has 0 N–H and O–H groups in total. The first-order chi connectivity index (χ1) is 12.7. The van der Waals surface area contributed by atoms with Crippen LogP contribution in [0.1, 0.15) is 28.9 Å². The van der Waals surface area contributed by atoms with Crippen molar-refractivity contribution >= 4 is 17.5 Å². The van der Waals surface area contributed by atoms with E-state index in [1.165, 1.54) is 0 Å². The number of halogens is 1. The molecule has 5 nitrogen and oxygen atoms in total. The summed E-state index contributed by atoms with van der Waals surface area (Å²) < 4.78 is 12.1. The van der Waals surface area contributed by atoms with E-state index in [2.05, 4.69) is 4.98 Å². The molecule has 4 rings (SSSR count). The Hall–Kier alpha value is -1.95. The Morgan fingerprint density at radius 2 is 2.23 bits per heavy atom. The number of carbonyl (C=O) groups is 1. The molecular formula is C20H21ClN2O3. The number of nitrogens with zero attached hydrogens (tertiary/aromatic N) is 2. The summed E-state index contributed by atoms with van der Waals surface area (Å²) in [7, 11) is 0. The van der Waals surface area contributed by atoms with Gasteiger partial charge in [-0.1, -0.05) is 23.7 Å². The lowest BCUT2D eigenvalue weighted by atomic mass is 10.0. The van der Waals surface area contributed by atoms with Crippen LogP contribution in [0.15, 0.2) is 48.7 Å². The molecule has 136 valence electrons. The maximum atomic E-state index is 13.0. The summed E-state index contributed by atoms with van der Waals surface area (Å²) in [4.78, 5) is 19.2. The van der Waals surface area contributed by atoms with Crippen LogP contribution in [0.2, 0.25) is 5.02 Å². The zero-order valence-corrected chi connectivity index (χ0v) is 15.1. The van der Waals surface area contributed by atoms with Crippen LogP contribution in [-0.2, 0) is 16.1 Å². The number of benzene rings is 1. The molecule has 0 unspecified atom stereocenters. The number of fused-ring (bicyclic) bond motifs is 1. The highest BCUT2D eigenvalue weighted by Gasteiger charge is 2.46. The van der Waals surface area contributed by atoms with Gasteiger partial charge in [-0.15, -0.1) is 0 Å². The normalized spacial score (nSPS) is 25.1. The smallest absolute Gasteiger partial charge is 0.254 e. The fourth-order valence-electron chi connectivity index (χ4n) is 3.75. The predicted molar refractivity (Wildman–Crippen MR) is 98.1 cm³/mol. The number of amides is 1. The summed E-state index contributed by atoms with van der Waals surface area (Å²) in [6.07, 6.45) is 3.40. The summed E-state index contributed by atoms with van der Waals surface area (Å²) in [5, 5.41) is 0.564. The largest absolute Gasteiger partial charge is 0.373 e. The summed E-state index contributed by atoms with van der Waals surface area (Å²) in [5.74, 6) is -0.0167. The molecule has 3 atom stereocenters. The second-order valence-electron chi connectivity index (χ2n) is 6.68. The van der Waals surface area contributed by atoms with Crippen LogP contribution in [0.5, 0.6) is 0 Å². The Kier molecular flexibility index (Phi) is 5.20. The van der Waals surface area contributed by atoms with E-state index in [1.807, 2.05) is 23.1 Å². The number of rotatable bonds is 4. The van der Waals surface area contributed by atoms with Gasteiger partial charge in [-0.2, -0.15) is 0 Å². The molecule has 2 aliphatic rings. The Labute approximate surface area is 157 Å². The van der Waals surface area contributed by atoms with Gasteiger partial charge < -0.3 is 14.4 Å². The molecule has 1 aromatic heterocycles. The van der Waals surface area contributed by atoms with Crippen molar-refractivity contribution in [2.75, 3.05) is 13.2 Å². The van der Waals surface area contributed by atoms with E-state index < -0.39 is 0 Å². The van der Waals surface area contributed by atoms with Crippen molar-refractivity contribution < 1.29 is 14.3 Å². The van der Waals surface area contributed by atoms with Gasteiger partial charge in [0.1, 0.15) is 12.2 Å². The molecular weight excluding hydrogens is 352 g/mol. The van der Waals surface area contributed by atoms with Gasteiger partial charge in [0.2, 0.25) is 0 Å². The number of carbonyl (C=O) groups excluding carboxylic acids is 1. The highest BCUT2D eigenvalue weighted by Crippen LogP contribution is 2.32. The Bertz CT molecular complexity index is 771. The highest BCUT2D eigenvalue weighted by atomic mass is 35.5. The van der Waals surface area contributed by atoms with Gasteiger partial charge >= 0.3 is 0 Å². The van der Waals surface area contributed by atoms with E-state index in [-0.39, 0.29) is 24.2 Å². The standard InChI is InChI=1S/C20H21ClN2O3/c21-15-6-3-5-14(11-15)20(24)23-12-18(19-17(23)8-4-10-25-19)26-13-16-7-1-2-9-22-16/h1-3,5-7,9,11,17-19H,4,8,10,12-13H2/t17-,18+,19+/m1/s1. The molecule has 3 heterocycles. The molecule has 0 saturated carbocycles. The van der Waals surface area contributed by atoms with Crippen LogP contribution in [0, 0.1) is 0 Å². The molecule has 6 heteroatoms. The Balaban J connectivity index is 1.50. The average Bonchev–Trinajstić information content (AvgIpc) is 3.05. The number of hydrogen-bond donors (Lipinski definition) is 0. The van der Waals surface area contributed by atoms with Gasteiger partial charge in [0.25, 0.3) is 5.91 Å². The summed E-state index contributed by atoms with van der Waals surface area (Å²) in [6.45, 7) is 1.65. The highest BCUT2D eigenvalue weighted by molar-refractivity contribution is 6.30. The molecule has 2 saturated heterocycles. The van der Waals surface area contributed by atoms with Crippen LogP contribution < -0.4 is 0 Å². The molecule has 0 spiro atoms. The van der Waals surface area contributed by atoms with Crippen molar-refractivity contribution in [3.8, 4) is 0 Å². The van der Waals surface area contributed by atoms with Crippen molar-refractivity contribution in [2.45, 2.75) is 37.7 Å². The fraction of sp³-hybridized carbons (Fsp3) is 0.400. The molecule has 0 aliphatic carbocycles. The first-order valence-corrected chi connectivity index (χ1v) is 9.30. The minimum atomic E-state index is -0.148. The molecule has 2 fully saturated rings. The van der Waals surface area contributed by atoms with Gasteiger partial charge in [0.05, 0.1) is 24.9 Å². The van der Waals surface area contributed by atoms with Crippen molar-refractivity contribution in [2.24, 2.45) is 0 Å². The summed E-state index contributed by atoms with van der Waals surface area (Å²) in [5.41, 5.74) is 1.48. The lowest BCUT2D eigenvalue weighted by Crippen LogP contribution is -2.43. The van der Waals surface area contributed by atoms with Crippen LogP contribution in [0.25, 0.3) is 0 Å². The molecule has 1 aromatic carbocycles. The van der Waals surface area contributed by atoms with E-state index >= 15 is 0 Å². The lowest BCUT2D eigenvalue weighted by Gasteiger charge is -2.32. The zero-order chi connectivity index (χ0) is 17.9. The van der Waals surface area contributed by atoms with Crippen LogP contribution in [0.3, 0.4) is 0 Å². The SMILES string of the molecule is O=C(c1cccc(Cl)c1)N1C[C@H](OCc2ccccn2)[C@H]2OCCC[C@H]21. The molecule has 2 aromatic rings. The van der Waals surface area contributed by atoms with Crippen LogP contribution >= 0.6 is 11.6 Å². The predicted octanol–water partition coefficient (Wildman–Crippen LogP) is 3.32. The Morgan fingerprint density at radius 3 is 3.04 bits per heavy atom. The van der Waals surface area contributed by atoms with E-state index in [0.29, 0.717) is 30.3 Å². The van der Waals surface area contributed by atoms with E-state index in [4.69, 9.17) is 21.1 Å². The second kappa shape index (κ2) is 7.74. The quantitative estimate of drug-likeness (QED) is 0.826. The third kappa shape index (κ3) is 3.61. The third-order valence-electron chi connectivity index (χ3n) is 4.98. The minimum absolute atomic E-state index is 0.0167. The monoisotopic (exact) mass is 372 g/mol. The fourth-order valence-corrected chi connectivity index (χ4v) is 3.94. The van der Waals surface area contributed by atoms with Gasteiger partial charge in [-0.05, 0) is 43.2 Å². The van der Waals surface area contributed by atoms with Crippen molar-refractivity contribution in [1.29, 1.82) is 0 Å². The van der Waals surface area contributed by atoms with Gasteiger partial charge in [-0.3, -0.25) is 9.78 Å². The Morgan fingerprint density at radius 1 is 1.31 bits per heavy atom. The molecule has 1 amide bonds. The minimum Gasteiger partial charge on any atom is -0.373 e. The molecule has 0 radical (unpaired) electrons. The van der Waals surface area contributed by atoms with Gasteiger partial charge in [0.15, 0.2) is 0 Å². The molecule has 2 aliphatic heterocycles. The first-order valence-electron chi connectivity index (χ1n) is 8.92. The maximum absolute atomic E-state index is 13.0. The zero-order valence-electron chi connectivity index (χ0n) is 14.4. The molecule has 0 bridgehead atoms. The van der Waals surface area contributed by atoms with E-state index in [0.717, 1.165) is 18.5 Å². The van der Waals surface area contributed by atoms with Gasteiger partial charge in [-0.25, -0.2) is 0 Å². The lowest BCUT2D eigenvalue weighted by molar-refractivity contribution is -0.0814. The van der Waals surface area contributed by atoms with Crippen LogP contribution in [0.4, 0.5) is 0 Å².